The zero-order chi connectivity index (χ0) is 18.7. The molecule has 1 aliphatic heterocycles. The SMILES string of the molecule is CCC(C)(C)C(=O)OC(C(C)C)(C(C)C)C1C2CC3OC(=O)C1C3C2. The molecule has 4 heteroatoms. The van der Waals surface area contributed by atoms with Gasteiger partial charge < -0.3 is 9.47 Å². The molecular weight excluding hydrogens is 316 g/mol. The molecule has 0 aromatic rings. The van der Waals surface area contributed by atoms with Crippen LogP contribution in [-0.2, 0) is 19.1 Å². The first-order valence-corrected chi connectivity index (χ1v) is 10.00. The first kappa shape index (κ1) is 18.7. The van der Waals surface area contributed by atoms with Crippen molar-refractivity contribution in [2.75, 3.05) is 0 Å². The van der Waals surface area contributed by atoms with E-state index in [1.807, 2.05) is 20.8 Å². The van der Waals surface area contributed by atoms with Crippen LogP contribution >= 0.6 is 0 Å². The third-order valence-corrected chi connectivity index (χ3v) is 7.51. The minimum Gasteiger partial charge on any atom is -0.462 e. The van der Waals surface area contributed by atoms with Crippen molar-refractivity contribution in [3.8, 4) is 0 Å². The van der Waals surface area contributed by atoms with Gasteiger partial charge in [0.15, 0.2) is 0 Å². The lowest BCUT2D eigenvalue weighted by Crippen LogP contribution is -2.57. The van der Waals surface area contributed by atoms with Crippen LogP contribution in [0.25, 0.3) is 0 Å². The van der Waals surface area contributed by atoms with E-state index in [0.717, 1.165) is 19.3 Å². The number of rotatable bonds is 6. The number of hydrogen-bond donors (Lipinski definition) is 0. The molecule has 0 aromatic heterocycles. The van der Waals surface area contributed by atoms with Crippen LogP contribution in [0.15, 0.2) is 0 Å². The summed E-state index contributed by atoms with van der Waals surface area (Å²) in [7, 11) is 0. The number of carbonyl (C=O) groups excluding carboxylic acids is 2. The molecule has 0 radical (unpaired) electrons. The van der Waals surface area contributed by atoms with Crippen LogP contribution in [0.5, 0.6) is 0 Å². The Morgan fingerprint density at radius 3 is 2.32 bits per heavy atom. The van der Waals surface area contributed by atoms with Gasteiger partial charge in [-0.05, 0) is 50.9 Å². The van der Waals surface area contributed by atoms with E-state index < -0.39 is 11.0 Å². The second kappa shape index (κ2) is 5.99. The van der Waals surface area contributed by atoms with Gasteiger partial charge >= 0.3 is 11.9 Å². The summed E-state index contributed by atoms with van der Waals surface area (Å²) in [5.41, 5.74) is -1.12. The maximum atomic E-state index is 13.0. The van der Waals surface area contributed by atoms with Crippen LogP contribution in [0.4, 0.5) is 0 Å². The van der Waals surface area contributed by atoms with E-state index in [0.29, 0.717) is 11.8 Å². The molecule has 0 N–H and O–H groups in total. The number of fused-ring (bicyclic) bond motifs is 1. The quantitative estimate of drug-likeness (QED) is 0.673. The van der Waals surface area contributed by atoms with E-state index in [-0.39, 0.29) is 41.7 Å². The van der Waals surface area contributed by atoms with Gasteiger partial charge in [-0.3, -0.25) is 9.59 Å². The van der Waals surface area contributed by atoms with E-state index in [4.69, 9.17) is 9.47 Å². The van der Waals surface area contributed by atoms with Gasteiger partial charge in [-0.25, -0.2) is 0 Å². The summed E-state index contributed by atoms with van der Waals surface area (Å²) in [5.74, 6) is 0.859. The van der Waals surface area contributed by atoms with Crippen molar-refractivity contribution in [1.82, 2.24) is 0 Å². The first-order valence-electron chi connectivity index (χ1n) is 10.00. The van der Waals surface area contributed by atoms with Crippen LogP contribution in [-0.4, -0.2) is 23.6 Å². The maximum Gasteiger partial charge on any atom is 0.312 e. The third kappa shape index (κ3) is 2.54. The fourth-order valence-electron chi connectivity index (χ4n) is 5.82. The van der Waals surface area contributed by atoms with E-state index in [1.165, 1.54) is 0 Å². The monoisotopic (exact) mass is 350 g/mol. The Labute approximate surface area is 152 Å². The van der Waals surface area contributed by atoms with Gasteiger partial charge in [0.2, 0.25) is 0 Å². The largest absolute Gasteiger partial charge is 0.462 e. The molecule has 3 fully saturated rings. The standard InChI is InChI=1S/C21H34O4/c1-8-20(6,7)19(23)25-21(11(2)3,12(4)5)17-13-9-14-15(10-13)24-18(22)16(14)17/h11-17H,8-10H2,1-7H3. The molecule has 0 aromatic carbocycles. The van der Waals surface area contributed by atoms with Crippen molar-refractivity contribution >= 4 is 11.9 Å². The molecule has 2 saturated carbocycles. The highest BCUT2D eigenvalue weighted by Crippen LogP contribution is 2.63. The van der Waals surface area contributed by atoms with Gasteiger partial charge in [0.1, 0.15) is 11.7 Å². The molecule has 3 aliphatic rings. The fraction of sp³-hybridized carbons (Fsp3) is 0.905. The Hall–Kier alpha value is -1.06. The third-order valence-electron chi connectivity index (χ3n) is 7.51. The van der Waals surface area contributed by atoms with Gasteiger partial charge in [0, 0.05) is 11.8 Å². The van der Waals surface area contributed by atoms with Crippen molar-refractivity contribution in [2.24, 2.45) is 40.9 Å². The predicted octanol–water partition coefficient (Wildman–Crippen LogP) is 4.21. The molecule has 1 heterocycles. The highest BCUT2D eigenvalue weighted by molar-refractivity contribution is 5.78. The molecule has 3 rings (SSSR count). The summed E-state index contributed by atoms with van der Waals surface area (Å²) < 4.78 is 12.0. The van der Waals surface area contributed by atoms with Gasteiger partial charge in [-0.2, -0.15) is 0 Å². The fourth-order valence-corrected chi connectivity index (χ4v) is 5.82. The van der Waals surface area contributed by atoms with Crippen LogP contribution in [0.1, 0.15) is 67.7 Å². The van der Waals surface area contributed by atoms with Gasteiger partial charge in [-0.1, -0.05) is 34.6 Å². The number of carbonyl (C=O) groups is 2. The molecule has 5 unspecified atom stereocenters. The van der Waals surface area contributed by atoms with Gasteiger partial charge in [0.25, 0.3) is 0 Å². The van der Waals surface area contributed by atoms with Crippen LogP contribution in [0.3, 0.4) is 0 Å². The van der Waals surface area contributed by atoms with Crippen molar-refractivity contribution < 1.29 is 19.1 Å². The Balaban J connectivity index is 2.01. The van der Waals surface area contributed by atoms with Crippen molar-refractivity contribution in [1.29, 1.82) is 0 Å². The molecule has 0 amide bonds. The summed E-state index contributed by atoms with van der Waals surface area (Å²) in [5, 5.41) is 0. The molecular formula is C21H34O4. The molecule has 25 heavy (non-hydrogen) atoms. The molecule has 2 aliphatic carbocycles. The summed E-state index contributed by atoms with van der Waals surface area (Å²) in [6.45, 7) is 14.4. The molecule has 0 spiro atoms. The normalized spacial score (nSPS) is 34.1. The Kier molecular flexibility index (Phi) is 4.49. The average molecular weight is 350 g/mol. The predicted molar refractivity (Wildman–Crippen MR) is 95.6 cm³/mol. The Morgan fingerprint density at radius 1 is 1.20 bits per heavy atom. The number of ether oxygens (including phenoxy) is 2. The topological polar surface area (TPSA) is 52.6 Å². The smallest absolute Gasteiger partial charge is 0.312 e. The second-order valence-electron chi connectivity index (χ2n) is 9.71. The average Bonchev–Trinajstić information content (AvgIpc) is 3.13. The highest BCUT2D eigenvalue weighted by atomic mass is 16.6. The summed E-state index contributed by atoms with van der Waals surface area (Å²) in [4.78, 5) is 25.6. The van der Waals surface area contributed by atoms with E-state index >= 15 is 0 Å². The van der Waals surface area contributed by atoms with E-state index in [9.17, 15) is 9.59 Å². The minimum atomic E-state index is -0.609. The van der Waals surface area contributed by atoms with Crippen LogP contribution in [0.2, 0.25) is 0 Å². The second-order valence-corrected chi connectivity index (χ2v) is 9.71. The number of hydrogen-bond acceptors (Lipinski definition) is 4. The van der Waals surface area contributed by atoms with Crippen LogP contribution < -0.4 is 0 Å². The van der Waals surface area contributed by atoms with E-state index in [1.54, 1.807) is 0 Å². The molecule has 4 nitrogen and oxygen atoms in total. The van der Waals surface area contributed by atoms with Gasteiger partial charge in [0.05, 0.1) is 11.3 Å². The Morgan fingerprint density at radius 2 is 1.80 bits per heavy atom. The molecule has 1 saturated heterocycles. The lowest BCUT2D eigenvalue weighted by atomic mass is 9.62. The van der Waals surface area contributed by atoms with Gasteiger partial charge in [-0.15, -0.1) is 0 Å². The summed E-state index contributed by atoms with van der Waals surface area (Å²) in [6, 6.07) is 0. The molecule has 142 valence electrons. The molecule has 5 atom stereocenters. The minimum absolute atomic E-state index is 0.0588. The zero-order valence-corrected chi connectivity index (χ0v) is 16.8. The van der Waals surface area contributed by atoms with Crippen molar-refractivity contribution in [2.45, 2.75) is 79.4 Å². The highest BCUT2D eigenvalue weighted by Gasteiger charge is 2.69. The van der Waals surface area contributed by atoms with Crippen LogP contribution in [0, 0.1) is 40.9 Å². The van der Waals surface area contributed by atoms with Crippen molar-refractivity contribution in [3.05, 3.63) is 0 Å². The summed E-state index contributed by atoms with van der Waals surface area (Å²) in [6.07, 6.45) is 2.83. The maximum absolute atomic E-state index is 13.0. The lowest BCUT2D eigenvalue weighted by molar-refractivity contribution is -0.202. The molecule has 2 bridgehead atoms. The first-order chi connectivity index (χ1) is 11.6. The Bertz CT molecular complexity index is 552. The van der Waals surface area contributed by atoms with E-state index in [2.05, 4.69) is 27.7 Å². The van der Waals surface area contributed by atoms with Crippen molar-refractivity contribution in [3.63, 3.8) is 0 Å². The lowest BCUT2D eigenvalue weighted by Gasteiger charge is -2.50. The summed E-state index contributed by atoms with van der Waals surface area (Å²) >= 11 is 0. The number of esters is 2. The zero-order valence-electron chi connectivity index (χ0n) is 16.8.